The number of amides is 1. The van der Waals surface area contributed by atoms with Crippen LogP contribution in [0.25, 0.3) is 0 Å². The molecule has 124 valence electrons. The predicted molar refractivity (Wildman–Crippen MR) is 94.2 cm³/mol. The molecule has 3 heterocycles. The van der Waals surface area contributed by atoms with E-state index in [4.69, 9.17) is 0 Å². The molecule has 0 atom stereocenters. The fourth-order valence-corrected chi connectivity index (χ4v) is 4.61. The van der Waals surface area contributed by atoms with Gasteiger partial charge in [-0.3, -0.25) is 4.79 Å². The number of hydrogen-bond donors (Lipinski definition) is 2. The Kier molecular flexibility index (Phi) is 5.40. The quantitative estimate of drug-likeness (QED) is 0.870. The molecule has 0 spiro atoms. The highest BCUT2D eigenvalue weighted by atomic mass is 32.1. The molecule has 1 aliphatic heterocycles. The Balaban J connectivity index is 1.59. The summed E-state index contributed by atoms with van der Waals surface area (Å²) in [5, 5.41) is 10.4. The fraction of sp³-hybridized carbons (Fsp3) is 0.562. The van der Waals surface area contributed by atoms with Crippen molar-refractivity contribution in [3.63, 3.8) is 0 Å². The molecule has 0 radical (unpaired) electrons. The maximum Gasteiger partial charge on any atom is 0.263 e. The molecule has 1 amide bonds. The molecule has 1 saturated heterocycles. The summed E-state index contributed by atoms with van der Waals surface area (Å²) in [6, 6.07) is 0. The Bertz CT molecular complexity index is 673. The summed E-state index contributed by atoms with van der Waals surface area (Å²) in [5.41, 5.74) is 1.84. The summed E-state index contributed by atoms with van der Waals surface area (Å²) < 4.78 is 0. The molecule has 1 fully saturated rings. The van der Waals surface area contributed by atoms with Gasteiger partial charge in [-0.1, -0.05) is 0 Å². The Hall–Kier alpha value is -1.31. The van der Waals surface area contributed by atoms with Crippen molar-refractivity contribution in [3.8, 4) is 0 Å². The van der Waals surface area contributed by atoms with Crippen LogP contribution >= 0.6 is 22.7 Å². The zero-order valence-electron chi connectivity index (χ0n) is 13.5. The van der Waals surface area contributed by atoms with Crippen LogP contribution < -0.4 is 10.6 Å². The summed E-state index contributed by atoms with van der Waals surface area (Å²) in [5.74, 6) is 0.653. The monoisotopic (exact) mass is 350 g/mol. The Morgan fingerprint density at radius 2 is 2.09 bits per heavy atom. The Morgan fingerprint density at radius 1 is 1.30 bits per heavy atom. The first-order valence-electron chi connectivity index (χ1n) is 7.98. The van der Waals surface area contributed by atoms with Crippen molar-refractivity contribution in [1.29, 1.82) is 0 Å². The number of nitrogens with zero attached hydrogens (tertiary/aromatic N) is 2. The number of rotatable bonds is 5. The van der Waals surface area contributed by atoms with E-state index >= 15 is 0 Å². The van der Waals surface area contributed by atoms with Crippen LogP contribution in [-0.2, 0) is 13.0 Å². The zero-order valence-corrected chi connectivity index (χ0v) is 15.1. The van der Waals surface area contributed by atoms with Gasteiger partial charge in [0.15, 0.2) is 0 Å². The third kappa shape index (κ3) is 4.37. The van der Waals surface area contributed by atoms with E-state index in [9.17, 15) is 4.79 Å². The van der Waals surface area contributed by atoms with Crippen molar-refractivity contribution in [2.45, 2.75) is 39.7 Å². The van der Waals surface area contributed by atoms with Gasteiger partial charge >= 0.3 is 0 Å². The first-order valence-corrected chi connectivity index (χ1v) is 9.67. The minimum Gasteiger partial charge on any atom is -0.345 e. The summed E-state index contributed by atoms with van der Waals surface area (Å²) in [7, 11) is 0. The van der Waals surface area contributed by atoms with Crippen molar-refractivity contribution >= 4 is 28.6 Å². The molecule has 7 heteroatoms. The van der Waals surface area contributed by atoms with Crippen LogP contribution in [0.1, 0.15) is 43.9 Å². The largest absolute Gasteiger partial charge is 0.345 e. The number of thiazole rings is 2. The SMILES string of the molecule is Cc1csc(CNC(=O)c2sc(CC3CCNCC3)nc2C)n1. The summed E-state index contributed by atoms with van der Waals surface area (Å²) >= 11 is 3.12. The van der Waals surface area contributed by atoms with E-state index in [-0.39, 0.29) is 5.91 Å². The second kappa shape index (κ2) is 7.51. The average Bonchev–Trinajstić information content (AvgIpc) is 3.12. The second-order valence-electron chi connectivity index (χ2n) is 5.98. The van der Waals surface area contributed by atoms with Crippen LogP contribution in [-0.4, -0.2) is 29.0 Å². The van der Waals surface area contributed by atoms with Crippen molar-refractivity contribution in [2.24, 2.45) is 5.92 Å². The van der Waals surface area contributed by atoms with Crippen molar-refractivity contribution < 1.29 is 4.79 Å². The smallest absolute Gasteiger partial charge is 0.263 e. The third-order valence-electron chi connectivity index (χ3n) is 4.04. The molecule has 0 unspecified atom stereocenters. The van der Waals surface area contributed by atoms with E-state index in [0.29, 0.717) is 12.5 Å². The molecule has 0 aliphatic carbocycles. The van der Waals surface area contributed by atoms with E-state index in [1.54, 1.807) is 22.7 Å². The standard InChI is InChI=1S/C16H22N4OS2/c1-10-9-22-14(19-10)8-18-16(21)15-11(2)20-13(23-15)7-12-3-5-17-6-4-12/h9,12,17H,3-8H2,1-2H3,(H,18,21). The highest BCUT2D eigenvalue weighted by molar-refractivity contribution is 7.13. The van der Waals surface area contributed by atoms with Crippen LogP contribution in [0.2, 0.25) is 0 Å². The lowest BCUT2D eigenvalue weighted by atomic mass is 9.95. The average molecular weight is 351 g/mol. The molecule has 0 bridgehead atoms. The molecule has 23 heavy (non-hydrogen) atoms. The van der Waals surface area contributed by atoms with Gasteiger partial charge in [0, 0.05) is 17.5 Å². The third-order valence-corrected chi connectivity index (χ3v) is 6.18. The highest BCUT2D eigenvalue weighted by Crippen LogP contribution is 2.24. The van der Waals surface area contributed by atoms with Gasteiger partial charge in [0.25, 0.3) is 5.91 Å². The number of carbonyl (C=O) groups is 1. The van der Waals surface area contributed by atoms with Crippen LogP contribution in [0.3, 0.4) is 0 Å². The molecule has 2 aromatic heterocycles. The number of aromatic nitrogens is 2. The van der Waals surface area contributed by atoms with Gasteiger partial charge in [-0.15, -0.1) is 22.7 Å². The number of piperidine rings is 1. The first-order chi connectivity index (χ1) is 11.1. The second-order valence-corrected chi connectivity index (χ2v) is 8.01. The molecule has 2 aromatic rings. The normalized spacial score (nSPS) is 15.7. The molecule has 0 saturated carbocycles. The minimum absolute atomic E-state index is 0.0376. The summed E-state index contributed by atoms with van der Waals surface area (Å²) in [6.45, 7) is 6.55. The van der Waals surface area contributed by atoms with Crippen molar-refractivity contribution in [2.75, 3.05) is 13.1 Å². The molecule has 3 rings (SSSR count). The van der Waals surface area contributed by atoms with Gasteiger partial charge < -0.3 is 10.6 Å². The highest BCUT2D eigenvalue weighted by Gasteiger charge is 2.19. The molecular weight excluding hydrogens is 328 g/mol. The predicted octanol–water partition coefficient (Wildman–Crippen LogP) is 2.69. The molecule has 2 N–H and O–H groups in total. The van der Waals surface area contributed by atoms with E-state index in [1.807, 2.05) is 19.2 Å². The van der Waals surface area contributed by atoms with Crippen molar-refractivity contribution in [1.82, 2.24) is 20.6 Å². The number of nitrogens with one attached hydrogen (secondary N) is 2. The lowest BCUT2D eigenvalue weighted by molar-refractivity contribution is 0.0954. The summed E-state index contributed by atoms with van der Waals surface area (Å²) in [6.07, 6.45) is 3.39. The van der Waals surface area contributed by atoms with Crippen molar-refractivity contribution in [3.05, 3.63) is 31.7 Å². The van der Waals surface area contributed by atoms with Crippen LogP contribution in [0, 0.1) is 19.8 Å². The lowest BCUT2D eigenvalue weighted by Gasteiger charge is -2.21. The topological polar surface area (TPSA) is 66.9 Å². The minimum atomic E-state index is -0.0376. The van der Waals surface area contributed by atoms with Crippen LogP contribution in [0.4, 0.5) is 0 Å². The van der Waals surface area contributed by atoms with Gasteiger partial charge in [0.05, 0.1) is 17.2 Å². The van der Waals surface area contributed by atoms with Gasteiger partial charge in [-0.2, -0.15) is 0 Å². The van der Waals surface area contributed by atoms with Gasteiger partial charge in [0.2, 0.25) is 0 Å². The maximum atomic E-state index is 12.4. The number of aryl methyl sites for hydroxylation is 2. The lowest BCUT2D eigenvalue weighted by Crippen LogP contribution is -2.28. The Morgan fingerprint density at radius 3 is 2.78 bits per heavy atom. The van der Waals surface area contributed by atoms with E-state index in [2.05, 4.69) is 20.6 Å². The molecule has 0 aromatic carbocycles. The van der Waals surface area contributed by atoms with Gasteiger partial charge in [-0.25, -0.2) is 9.97 Å². The Labute approximate surface area is 144 Å². The van der Waals surface area contributed by atoms with Crippen LogP contribution in [0.15, 0.2) is 5.38 Å². The molecule has 1 aliphatic rings. The number of carbonyl (C=O) groups excluding carboxylic acids is 1. The first kappa shape index (κ1) is 16.5. The molecule has 5 nitrogen and oxygen atoms in total. The zero-order chi connectivity index (χ0) is 16.2. The molecular formula is C16H22N4OS2. The van der Waals surface area contributed by atoms with E-state index in [0.717, 1.165) is 45.8 Å². The van der Waals surface area contributed by atoms with Gasteiger partial charge in [-0.05, 0) is 45.7 Å². The van der Waals surface area contributed by atoms with E-state index < -0.39 is 0 Å². The fourth-order valence-electron chi connectivity index (χ4n) is 2.80. The van der Waals surface area contributed by atoms with Crippen LogP contribution in [0.5, 0.6) is 0 Å². The van der Waals surface area contributed by atoms with E-state index in [1.165, 1.54) is 12.8 Å². The van der Waals surface area contributed by atoms with Gasteiger partial charge in [0.1, 0.15) is 9.88 Å². The summed E-state index contributed by atoms with van der Waals surface area (Å²) in [4.78, 5) is 22.1. The number of hydrogen-bond acceptors (Lipinski definition) is 6. The maximum absolute atomic E-state index is 12.4.